The fourth-order valence-electron chi connectivity index (χ4n) is 5.32. The second-order valence-electron chi connectivity index (χ2n) is 9.58. The lowest BCUT2D eigenvalue weighted by Gasteiger charge is -2.49. The highest BCUT2D eigenvalue weighted by molar-refractivity contribution is 5.73. The van der Waals surface area contributed by atoms with E-state index >= 15 is 0 Å². The van der Waals surface area contributed by atoms with Gasteiger partial charge in [0.15, 0.2) is 11.6 Å². The third kappa shape index (κ3) is 4.27. The zero-order chi connectivity index (χ0) is 23.9. The minimum atomic E-state index is -0.505. The normalized spacial score (nSPS) is 24.0. The van der Waals surface area contributed by atoms with Gasteiger partial charge < -0.3 is 20.1 Å². The SMILES string of the molecule is COc1cc(-c2ccc(-c3ncc(N(C)[C@H]4C[C@@H]5CCC[C@](C)(C4)N5)nn3)c(O)c2)c(F)cn1. The maximum Gasteiger partial charge on any atom is 0.213 e. The average Bonchev–Trinajstić information content (AvgIpc) is 2.83. The number of methoxy groups -OCH3 is 1. The molecule has 9 heteroatoms. The zero-order valence-electron chi connectivity index (χ0n) is 19.6. The first-order valence-electron chi connectivity index (χ1n) is 11.6. The number of halogens is 1. The number of aromatic nitrogens is 4. The molecule has 2 aliphatic heterocycles. The number of hydrogen-bond donors (Lipinski definition) is 2. The quantitative estimate of drug-likeness (QED) is 0.586. The molecule has 34 heavy (non-hydrogen) atoms. The molecular formula is C25H29FN6O2. The lowest BCUT2D eigenvalue weighted by atomic mass is 9.75. The Labute approximate surface area is 198 Å². The molecule has 3 aromatic rings. The minimum absolute atomic E-state index is 0.0605. The van der Waals surface area contributed by atoms with Gasteiger partial charge in [0.1, 0.15) is 11.6 Å². The highest BCUT2D eigenvalue weighted by Crippen LogP contribution is 2.37. The fourth-order valence-corrected chi connectivity index (χ4v) is 5.32. The van der Waals surface area contributed by atoms with E-state index in [1.54, 1.807) is 18.3 Å². The monoisotopic (exact) mass is 464 g/mol. The summed E-state index contributed by atoms with van der Waals surface area (Å²) in [6, 6.07) is 7.24. The Bertz CT molecular complexity index is 1190. The number of ether oxygens (including phenoxy) is 1. The summed E-state index contributed by atoms with van der Waals surface area (Å²) in [4.78, 5) is 10.5. The summed E-state index contributed by atoms with van der Waals surface area (Å²) in [6.07, 6.45) is 8.62. The third-order valence-electron chi connectivity index (χ3n) is 7.12. The van der Waals surface area contributed by atoms with Crippen molar-refractivity contribution >= 4 is 5.82 Å². The molecule has 0 saturated carbocycles. The Kier molecular flexibility index (Phi) is 5.81. The molecule has 1 aromatic carbocycles. The number of aromatic hydroxyl groups is 1. The molecule has 0 spiro atoms. The second-order valence-corrected chi connectivity index (χ2v) is 9.58. The molecule has 8 nitrogen and oxygen atoms in total. The predicted molar refractivity (Wildman–Crippen MR) is 127 cm³/mol. The van der Waals surface area contributed by atoms with Gasteiger partial charge in [0.2, 0.25) is 5.88 Å². The van der Waals surface area contributed by atoms with Gasteiger partial charge in [0.05, 0.1) is 25.1 Å². The highest BCUT2D eigenvalue weighted by Gasteiger charge is 2.40. The van der Waals surface area contributed by atoms with Crippen LogP contribution in [0.25, 0.3) is 22.5 Å². The van der Waals surface area contributed by atoms with Crippen molar-refractivity contribution in [1.29, 1.82) is 0 Å². The van der Waals surface area contributed by atoms with E-state index in [4.69, 9.17) is 4.74 Å². The molecule has 2 fully saturated rings. The Morgan fingerprint density at radius 1 is 1.18 bits per heavy atom. The Balaban J connectivity index is 1.35. The van der Waals surface area contributed by atoms with Crippen LogP contribution in [0.15, 0.2) is 36.7 Å². The van der Waals surface area contributed by atoms with Crippen molar-refractivity contribution in [2.24, 2.45) is 0 Å². The first-order valence-corrected chi connectivity index (χ1v) is 11.6. The molecule has 5 rings (SSSR count). The number of phenolic OH excluding ortho intramolecular Hbond substituents is 1. The topological polar surface area (TPSA) is 96.3 Å². The van der Waals surface area contributed by atoms with Gasteiger partial charge in [-0.15, -0.1) is 10.2 Å². The van der Waals surface area contributed by atoms with Crippen LogP contribution < -0.4 is 15.0 Å². The smallest absolute Gasteiger partial charge is 0.213 e. The molecule has 3 atom stereocenters. The Hall–Kier alpha value is -3.33. The molecule has 0 radical (unpaired) electrons. The summed E-state index contributed by atoms with van der Waals surface area (Å²) in [5.74, 6) is 0.741. The van der Waals surface area contributed by atoms with E-state index in [2.05, 4.69) is 37.3 Å². The molecular weight excluding hydrogens is 435 g/mol. The number of nitrogens with one attached hydrogen (secondary N) is 1. The summed E-state index contributed by atoms with van der Waals surface area (Å²) in [5.41, 5.74) is 1.38. The van der Waals surface area contributed by atoms with Gasteiger partial charge in [-0.3, -0.25) is 0 Å². The number of anilines is 1. The van der Waals surface area contributed by atoms with Crippen LogP contribution in [0.1, 0.15) is 39.0 Å². The van der Waals surface area contributed by atoms with Crippen LogP contribution in [0.4, 0.5) is 10.2 Å². The summed E-state index contributed by atoms with van der Waals surface area (Å²) < 4.78 is 19.4. The maximum absolute atomic E-state index is 14.3. The number of phenols is 1. The number of rotatable bonds is 5. The summed E-state index contributed by atoms with van der Waals surface area (Å²) in [5, 5.41) is 23.1. The molecule has 178 valence electrons. The van der Waals surface area contributed by atoms with Gasteiger partial charge in [-0.05, 0) is 50.3 Å². The average molecular weight is 465 g/mol. The van der Waals surface area contributed by atoms with E-state index < -0.39 is 5.82 Å². The van der Waals surface area contributed by atoms with Crippen molar-refractivity contribution in [3.63, 3.8) is 0 Å². The van der Waals surface area contributed by atoms with Crippen molar-refractivity contribution in [1.82, 2.24) is 25.5 Å². The Morgan fingerprint density at radius 2 is 2.03 bits per heavy atom. The molecule has 2 N–H and O–H groups in total. The molecule has 0 aliphatic carbocycles. The lowest BCUT2D eigenvalue weighted by molar-refractivity contribution is 0.140. The van der Waals surface area contributed by atoms with Crippen molar-refractivity contribution < 1.29 is 14.2 Å². The van der Waals surface area contributed by atoms with E-state index in [-0.39, 0.29) is 16.9 Å². The first kappa shape index (κ1) is 22.5. The zero-order valence-corrected chi connectivity index (χ0v) is 19.6. The summed E-state index contributed by atoms with van der Waals surface area (Å²) >= 11 is 0. The molecule has 2 aliphatic rings. The maximum atomic E-state index is 14.3. The third-order valence-corrected chi connectivity index (χ3v) is 7.12. The van der Waals surface area contributed by atoms with Crippen LogP contribution in [0.5, 0.6) is 11.6 Å². The van der Waals surface area contributed by atoms with Crippen molar-refractivity contribution in [2.45, 2.75) is 56.7 Å². The van der Waals surface area contributed by atoms with Crippen LogP contribution >= 0.6 is 0 Å². The standard InChI is InChI=1S/C25H29FN6O2/c1-25-8-4-5-16(29-25)10-17(12-25)32(2)22-14-28-24(31-30-22)18-7-6-15(9-21(18)33)19-11-23(34-3)27-13-20(19)26/h6-7,9,11,13-14,16-17,29,33H,4-5,8,10,12H2,1-3H3/t16-,17-,25+/m0/s1. The van der Waals surface area contributed by atoms with Crippen molar-refractivity contribution in [2.75, 3.05) is 19.1 Å². The van der Waals surface area contributed by atoms with Crippen LogP contribution in [-0.4, -0.2) is 57.1 Å². The summed E-state index contributed by atoms with van der Waals surface area (Å²) in [7, 11) is 3.51. The van der Waals surface area contributed by atoms with E-state index in [0.717, 1.165) is 19.0 Å². The number of fused-ring (bicyclic) bond motifs is 2. The predicted octanol–water partition coefficient (Wildman–Crippen LogP) is 3.95. The number of piperidine rings is 2. The van der Waals surface area contributed by atoms with Gasteiger partial charge in [-0.25, -0.2) is 14.4 Å². The van der Waals surface area contributed by atoms with Crippen LogP contribution in [0.3, 0.4) is 0 Å². The number of pyridine rings is 1. The second kappa shape index (κ2) is 8.79. The van der Waals surface area contributed by atoms with E-state index in [1.807, 2.05) is 7.05 Å². The summed E-state index contributed by atoms with van der Waals surface area (Å²) in [6.45, 7) is 2.31. The molecule has 0 amide bonds. The van der Waals surface area contributed by atoms with Crippen LogP contribution in [0.2, 0.25) is 0 Å². The molecule has 2 saturated heterocycles. The number of benzene rings is 1. The Morgan fingerprint density at radius 3 is 2.74 bits per heavy atom. The van der Waals surface area contributed by atoms with Gasteiger partial charge in [0.25, 0.3) is 0 Å². The molecule has 4 heterocycles. The lowest BCUT2D eigenvalue weighted by Crippen LogP contribution is -2.61. The molecule has 2 bridgehead atoms. The minimum Gasteiger partial charge on any atom is -0.507 e. The van der Waals surface area contributed by atoms with Crippen LogP contribution in [-0.2, 0) is 0 Å². The largest absolute Gasteiger partial charge is 0.507 e. The van der Waals surface area contributed by atoms with Crippen LogP contribution in [0, 0.1) is 5.82 Å². The fraction of sp³-hybridized carbons (Fsp3) is 0.440. The first-order chi connectivity index (χ1) is 16.3. The van der Waals surface area contributed by atoms with E-state index in [0.29, 0.717) is 40.7 Å². The van der Waals surface area contributed by atoms with Gasteiger partial charge in [-0.1, -0.05) is 12.5 Å². The van der Waals surface area contributed by atoms with Gasteiger partial charge in [-0.2, -0.15) is 0 Å². The highest BCUT2D eigenvalue weighted by atomic mass is 19.1. The number of hydrogen-bond acceptors (Lipinski definition) is 8. The number of nitrogens with zero attached hydrogens (tertiary/aromatic N) is 5. The van der Waals surface area contributed by atoms with Crippen molar-refractivity contribution in [3.05, 3.63) is 42.5 Å². The molecule has 0 unspecified atom stereocenters. The van der Waals surface area contributed by atoms with Gasteiger partial charge in [0, 0.05) is 36.3 Å². The molecule has 2 aromatic heterocycles. The van der Waals surface area contributed by atoms with Gasteiger partial charge >= 0.3 is 0 Å². The van der Waals surface area contributed by atoms with E-state index in [9.17, 15) is 9.50 Å². The van der Waals surface area contributed by atoms with Crippen molar-refractivity contribution in [3.8, 4) is 34.1 Å². The van der Waals surface area contributed by atoms with E-state index in [1.165, 1.54) is 38.5 Å².